The number of carbonyl (C=O) groups is 1. The predicted octanol–water partition coefficient (Wildman–Crippen LogP) is 6.26. The lowest BCUT2D eigenvalue weighted by molar-refractivity contribution is -0.118. The Hall–Kier alpha value is -3.05. The van der Waals surface area contributed by atoms with E-state index in [1.165, 1.54) is 6.07 Å². The maximum absolute atomic E-state index is 14.0. The van der Waals surface area contributed by atoms with Gasteiger partial charge in [-0.1, -0.05) is 49.7 Å². The SMILES string of the molecule is CC(C)C(=O)Nc1ccc(NCc2ccccc2OCc2c(F)cccc2Cl)cc1. The second kappa shape index (κ2) is 10.1. The van der Waals surface area contributed by atoms with E-state index >= 15 is 0 Å². The predicted molar refractivity (Wildman–Crippen MR) is 119 cm³/mol. The second-order valence-corrected chi connectivity index (χ2v) is 7.58. The minimum Gasteiger partial charge on any atom is -0.488 e. The van der Waals surface area contributed by atoms with Gasteiger partial charge in [0.05, 0.1) is 5.02 Å². The van der Waals surface area contributed by atoms with Crippen molar-refractivity contribution in [3.05, 3.63) is 88.7 Å². The molecule has 0 atom stereocenters. The molecule has 0 aromatic heterocycles. The van der Waals surface area contributed by atoms with Gasteiger partial charge in [0, 0.05) is 35.0 Å². The van der Waals surface area contributed by atoms with Crippen LogP contribution < -0.4 is 15.4 Å². The van der Waals surface area contributed by atoms with E-state index in [1.54, 1.807) is 12.1 Å². The zero-order chi connectivity index (χ0) is 21.5. The monoisotopic (exact) mass is 426 g/mol. The van der Waals surface area contributed by atoms with Crippen molar-refractivity contribution in [2.75, 3.05) is 10.6 Å². The number of benzene rings is 3. The Bertz CT molecular complexity index is 986. The van der Waals surface area contributed by atoms with Gasteiger partial charge in [-0.3, -0.25) is 4.79 Å². The van der Waals surface area contributed by atoms with E-state index in [1.807, 2.05) is 62.4 Å². The van der Waals surface area contributed by atoms with Crippen LogP contribution >= 0.6 is 11.6 Å². The topological polar surface area (TPSA) is 50.4 Å². The van der Waals surface area contributed by atoms with E-state index in [9.17, 15) is 9.18 Å². The molecule has 30 heavy (non-hydrogen) atoms. The second-order valence-electron chi connectivity index (χ2n) is 7.17. The largest absolute Gasteiger partial charge is 0.488 e. The number of halogens is 2. The lowest BCUT2D eigenvalue weighted by Gasteiger charge is -2.14. The van der Waals surface area contributed by atoms with Crippen LogP contribution in [0.4, 0.5) is 15.8 Å². The molecule has 156 valence electrons. The van der Waals surface area contributed by atoms with E-state index in [2.05, 4.69) is 10.6 Å². The summed E-state index contributed by atoms with van der Waals surface area (Å²) in [5.41, 5.74) is 2.93. The smallest absolute Gasteiger partial charge is 0.226 e. The number of amides is 1. The first-order chi connectivity index (χ1) is 14.4. The minimum absolute atomic E-state index is 0.0169. The van der Waals surface area contributed by atoms with Crippen molar-refractivity contribution in [1.29, 1.82) is 0 Å². The van der Waals surface area contributed by atoms with Crippen LogP contribution in [0, 0.1) is 11.7 Å². The van der Waals surface area contributed by atoms with Crippen LogP contribution in [0.3, 0.4) is 0 Å². The molecule has 6 heteroatoms. The van der Waals surface area contributed by atoms with Crippen LogP contribution in [0.15, 0.2) is 66.7 Å². The summed E-state index contributed by atoms with van der Waals surface area (Å²) in [5.74, 6) is 0.183. The molecule has 3 aromatic carbocycles. The van der Waals surface area contributed by atoms with E-state index in [-0.39, 0.29) is 24.2 Å². The van der Waals surface area contributed by atoms with Crippen molar-refractivity contribution in [2.24, 2.45) is 5.92 Å². The summed E-state index contributed by atoms with van der Waals surface area (Å²) >= 11 is 6.08. The van der Waals surface area contributed by atoms with Crippen LogP contribution in [0.25, 0.3) is 0 Å². The van der Waals surface area contributed by atoms with Gasteiger partial charge in [-0.25, -0.2) is 4.39 Å². The Morgan fingerprint density at radius 2 is 1.70 bits per heavy atom. The molecular formula is C24H24ClFN2O2. The molecule has 0 aliphatic rings. The minimum atomic E-state index is -0.386. The van der Waals surface area contributed by atoms with E-state index in [4.69, 9.17) is 16.3 Å². The molecule has 3 rings (SSSR count). The first-order valence-electron chi connectivity index (χ1n) is 9.72. The van der Waals surface area contributed by atoms with Gasteiger partial charge in [0.2, 0.25) is 5.91 Å². The lowest BCUT2D eigenvalue weighted by Crippen LogP contribution is -2.17. The number of carbonyl (C=O) groups excluding carboxylic acids is 1. The third-order valence-corrected chi connectivity index (χ3v) is 4.92. The summed E-state index contributed by atoms with van der Waals surface area (Å²) in [4.78, 5) is 11.8. The van der Waals surface area contributed by atoms with Gasteiger partial charge in [0.1, 0.15) is 18.2 Å². The number of ether oxygens (including phenoxy) is 1. The third kappa shape index (κ3) is 5.74. The molecule has 0 saturated heterocycles. The Kier molecular flexibility index (Phi) is 7.31. The van der Waals surface area contributed by atoms with Crippen LogP contribution in [0.1, 0.15) is 25.0 Å². The molecule has 4 nitrogen and oxygen atoms in total. The van der Waals surface area contributed by atoms with Crippen LogP contribution in [-0.4, -0.2) is 5.91 Å². The fraction of sp³-hybridized carbons (Fsp3) is 0.208. The molecule has 2 N–H and O–H groups in total. The number of nitrogens with one attached hydrogen (secondary N) is 2. The molecule has 0 fully saturated rings. The maximum Gasteiger partial charge on any atom is 0.226 e. The van der Waals surface area contributed by atoms with Crippen LogP contribution in [0.2, 0.25) is 5.02 Å². The van der Waals surface area contributed by atoms with Gasteiger partial charge in [-0.2, -0.15) is 0 Å². The Morgan fingerprint density at radius 3 is 2.40 bits per heavy atom. The van der Waals surface area contributed by atoms with Gasteiger partial charge in [-0.15, -0.1) is 0 Å². The molecule has 0 unspecified atom stereocenters. The average molecular weight is 427 g/mol. The summed E-state index contributed by atoms with van der Waals surface area (Å²) in [6.45, 7) is 4.28. The van der Waals surface area contributed by atoms with Crippen molar-refractivity contribution in [1.82, 2.24) is 0 Å². The molecule has 0 aliphatic carbocycles. The molecular weight excluding hydrogens is 403 g/mol. The Labute approximate surface area is 181 Å². The highest BCUT2D eigenvalue weighted by Crippen LogP contribution is 2.25. The summed E-state index contributed by atoms with van der Waals surface area (Å²) in [6, 6.07) is 19.7. The highest BCUT2D eigenvalue weighted by molar-refractivity contribution is 6.31. The van der Waals surface area contributed by atoms with Crippen LogP contribution in [0.5, 0.6) is 5.75 Å². The summed E-state index contributed by atoms with van der Waals surface area (Å²) in [6.07, 6.45) is 0. The third-order valence-electron chi connectivity index (χ3n) is 4.57. The summed E-state index contributed by atoms with van der Waals surface area (Å²) < 4.78 is 19.8. The molecule has 0 saturated carbocycles. The highest BCUT2D eigenvalue weighted by Gasteiger charge is 2.10. The number of hydrogen-bond acceptors (Lipinski definition) is 3. The number of rotatable bonds is 8. The molecule has 0 radical (unpaired) electrons. The Balaban J connectivity index is 1.62. The van der Waals surface area contributed by atoms with Gasteiger partial charge in [0.25, 0.3) is 0 Å². The molecule has 1 amide bonds. The lowest BCUT2D eigenvalue weighted by atomic mass is 10.1. The van der Waals surface area contributed by atoms with Crippen molar-refractivity contribution in [3.8, 4) is 5.75 Å². The standard InChI is InChI=1S/C24H24ClFN2O2/c1-16(2)24(29)28-19-12-10-18(11-13-19)27-14-17-6-3-4-9-23(17)30-15-20-21(25)7-5-8-22(20)26/h3-13,16,27H,14-15H2,1-2H3,(H,28,29). The fourth-order valence-electron chi connectivity index (χ4n) is 2.77. The van der Waals surface area contributed by atoms with Crippen molar-refractivity contribution >= 4 is 28.9 Å². The van der Waals surface area contributed by atoms with Crippen LogP contribution in [-0.2, 0) is 17.9 Å². The zero-order valence-electron chi connectivity index (χ0n) is 16.9. The fourth-order valence-corrected chi connectivity index (χ4v) is 2.98. The van der Waals surface area contributed by atoms with Crippen molar-refractivity contribution in [3.63, 3.8) is 0 Å². The van der Waals surface area contributed by atoms with E-state index in [0.29, 0.717) is 22.9 Å². The first-order valence-corrected chi connectivity index (χ1v) is 10.1. The maximum atomic E-state index is 14.0. The van der Waals surface area contributed by atoms with Crippen molar-refractivity contribution < 1.29 is 13.9 Å². The summed E-state index contributed by atoms with van der Waals surface area (Å²) in [5, 5.41) is 6.54. The van der Waals surface area contributed by atoms with Gasteiger partial charge < -0.3 is 15.4 Å². The van der Waals surface area contributed by atoms with Gasteiger partial charge in [-0.05, 0) is 42.5 Å². The molecule has 0 spiro atoms. The normalized spacial score (nSPS) is 10.7. The molecule has 0 heterocycles. The number of hydrogen-bond donors (Lipinski definition) is 2. The average Bonchev–Trinajstić information content (AvgIpc) is 2.73. The van der Waals surface area contributed by atoms with E-state index in [0.717, 1.165) is 16.9 Å². The zero-order valence-corrected chi connectivity index (χ0v) is 17.7. The van der Waals surface area contributed by atoms with Crippen molar-refractivity contribution in [2.45, 2.75) is 27.0 Å². The van der Waals surface area contributed by atoms with E-state index < -0.39 is 0 Å². The number of anilines is 2. The quantitative estimate of drug-likeness (QED) is 0.446. The molecule has 0 aliphatic heterocycles. The Morgan fingerprint density at radius 1 is 1.00 bits per heavy atom. The molecule has 3 aromatic rings. The first kappa shape index (κ1) is 21.7. The summed E-state index contributed by atoms with van der Waals surface area (Å²) in [7, 11) is 0. The van der Waals surface area contributed by atoms with Gasteiger partial charge >= 0.3 is 0 Å². The molecule has 0 bridgehead atoms. The highest BCUT2D eigenvalue weighted by atomic mass is 35.5. The van der Waals surface area contributed by atoms with Gasteiger partial charge in [0.15, 0.2) is 0 Å². The number of para-hydroxylation sites is 1.